The molecule has 1 aromatic rings. The van der Waals surface area contributed by atoms with Gasteiger partial charge in [0.25, 0.3) is 0 Å². The van der Waals surface area contributed by atoms with E-state index < -0.39 is 8.32 Å². The Bertz CT molecular complexity index is 477. The van der Waals surface area contributed by atoms with Crippen LogP contribution in [0.3, 0.4) is 0 Å². The van der Waals surface area contributed by atoms with E-state index in [-0.39, 0.29) is 16.2 Å². The van der Waals surface area contributed by atoms with E-state index in [0.29, 0.717) is 0 Å². The molecule has 1 unspecified atom stereocenters. The molecule has 0 aromatic heterocycles. The van der Waals surface area contributed by atoms with E-state index in [4.69, 9.17) is 4.43 Å². The van der Waals surface area contributed by atoms with Crippen LogP contribution in [0.25, 0.3) is 0 Å². The number of hydrogen-bond acceptors (Lipinski definition) is 1. The van der Waals surface area contributed by atoms with E-state index >= 15 is 0 Å². The molecule has 0 fully saturated rings. The highest BCUT2D eigenvalue weighted by Crippen LogP contribution is 2.56. The number of hydrogen-bond donors (Lipinski definition) is 0. The first-order valence-corrected chi connectivity index (χ1v) is 10.2. The Morgan fingerprint density at radius 3 is 2.00 bits per heavy atom. The lowest BCUT2D eigenvalue weighted by Crippen LogP contribution is -2.54. The Morgan fingerprint density at radius 2 is 1.48 bits per heavy atom. The van der Waals surface area contributed by atoms with E-state index in [1.54, 1.807) is 0 Å². The van der Waals surface area contributed by atoms with Gasteiger partial charge in [0.1, 0.15) is 0 Å². The van der Waals surface area contributed by atoms with Crippen LogP contribution in [0, 0.1) is 0 Å². The highest BCUT2D eigenvalue weighted by molar-refractivity contribution is 6.79. The molecule has 0 N–H and O–H groups in total. The lowest BCUT2D eigenvalue weighted by atomic mass is 10.1. The van der Waals surface area contributed by atoms with Crippen molar-refractivity contribution in [1.29, 1.82) is 0 Å². The van der Waals surface area contributed by atoms with Gasteiger partial charge in [-0.25, -0.2) is 0 Å². The van der Waals surface area contributed by atoms with Gasteiger partial charge in [-0.1, -0.05) is 84.0 Å². The van der Waals surface area contributed by atoms with Crippen molar-refractivity contribution in [3.8, 4) is 0 Å². The summed E-state index contributed by atoms with van der Waals surface area (Å²) in [7, 11) is -1.97. The summed E-state index contributed by atoms with van der Waals surface area (Å²) in [6.45, 7) is 14.2. The summed E-state index contributed by atoms with van der Waals surface area (Å²) >= 11 is 0. The quantitative estimate of drug-likeness (QED) is 0.440. The Morgan fingerprint density at radius 1 is 0.905 bits per heavy atom. The maximum absolute atomic E-state index is 6.99. The SMILES string of the molecule is CC(C)(C)[Si]1(C(C)(C)C)CC=CCC(c2ccccc2)O1. The molecule has 0 aliphatic carbocycles. The Labute approximate surface area is 131 Å². The van der Waals surface area contributed by atoms with Gasteiger partial charge < -0.3 is 4.43 Å². The van der Waals surface area contributed by atoms with Gasteiger partial charge in [0.2, 0.25) is 8.32 Å². The van der Waals surface area contributed by atoms with Gasteiger partial charge in [0, 0.05) is 0 Å². The van der Waals surface area contributed by atoms with Crippen LogP contribution in [-0.2, 0) is 4.43 Å². The molecule has 0 radical (unpaired) electrons. The van der Waals surface area contributed by atoms with Crippen LogP contribution >= 0.6 is 0 Å². The van der Waals surface area contributed by atoms with Crippen LogP contribution in [0.1, 0.15) is 59.6 Å². The molecule has 1 aliphatic heterocycles. The molecule has 0 saturated heterocycles. The predicted molar refractivity (Wildman–Crippen MR) is 94.0 cm³/mol. The standard InChI is InChI=1S/C19H30OSi/c1-18(2,3)21(19(4,5)6)15-11-10-14-17(20-21)16-12-8-7-9-13-16/h7-13,17H,14-15H2,1-6H3. The van der Waals surface area contributed by atoms with Gasteiger partial charge in [-0.15, -0.1) is 0 Å². The lowest BCUT2D eigenvalue weighted by Gasteiger charge is -2.51. The summed E-state index contributed by atoms with van der Waals surface area (Å²) in [5.41, 5.74) is 1.31. The van der Waals surface area contributed by atoms with Gasteiger partial charge in [-0.3, -0.25) is 0 Å². The van der Waals surface area contributed by atoms with Crippen molar-refractivity contribution in [2.24, 2.45) is 0 Å². The zero-order valence-corrected chi connectivity index (χ0v) is 15.4. The summed E-state index contributed by atoms with van der Waals surface area (Å²) in [5, 5.41) is 0.430. The highest BCUT2D eigenvalue weighted by atomic mass is 28.4. The molecule has 1 aliphatic rings. The molecular formula is C19H30OSi. The van der Waals surface area contributed by atoms with Crippen molar-refractivity contribution in [2.45, 2.75) is 70.2 Å². The van der Waals surface area contributed by atoms with Crippen molar-refractivity contribution in [3.63, 3.8) is 0 Å². The minimum atomic E-state index is -1.97. The second kappa shape index (κ2) is 5.73. The molecule has 0 amide bonds. The summed E-state index contributed by atoms with van der Waals surface area (Å²) in [6, 6.07) is 11.8. The van der Waals surface area contributed by atoms with Crippen molar-refractivity contribution >= 4 is 8.32 Å². The average Bonchev–Trinajstić information content (AvgIpc) is 2.62. The van der Waals surface area contributed by atoms with Gasteiger partial charge in [-0.2, -0.15) is 0 Å². The summed E-state index contributed by atoms with van der Waals surface area (Å²) in [5.74, 6) is 0. The summed E-state index contributed by atoms with van der Waals surface area (Å²) < 4.78 is 6.99. The number of allylic oxidation sites excluding steroid dienone is 1. The molecular weight excluding hydrogens is 272 g/mol. The highest BCUT2D eigenvalue weighted by Gasteiger charge is 2.55. The third-order valence-electron chi connectivity index (χ3n) is 4.86. The van der Waals surface area contributed by atoms with Crippen LogP contribution in [-0.4, -0.2) is 8.32 Å². The first-order valence-electron chi connectivity index (χ1n) is 8.05. The van der Waals surface area contributed by atoms with Crippen molar-refractivity contribution in [2.75, 3.05) is 0 Å². The zero-order valence-electron chi connectivity index (χ0n) is 14.4. The number of rotatable bonds is 1. The fourth-order valence-corrected chi connectivity index (χ4v) is 9.27. The van der Waals surface area contributed by atoms with Crippen molar-refractivity contribution < 1.29 is 4.43 Å². The largest absolute Gasteiger partial charge is 0.408 e. The molecule has 0 spiro atoms. The third kappa shape index (κ3) is 3.17. The topological polar surface area (TPSA) is 9.23 Å². The smallest absolute Gasteiger partial charge is 0.207 e. The molecule has 2 rings (SSSR count). The van der Waals surface area contributed by atoms with Crippen molar-refractivity contribution in [3.05, 3.63) is 48.0 Å². The van der Waals surface area contributed by atoms with Crippen LogP contribution in [0.2, 0.25) is 16.1 Å². The predicted octanol–water partition coefficient (Wildman–Crippen LogP) is 6.25. The molecule has 2 heteroatoms. The van der Waals surface area contributed by atoms with E-state index in [1.807, 2.05) is 0 Å². The van der Waals surface area contributed by atoms with Crippen molar-refractivity contribution in [1.82, 2.24) is 0 Å². The molecule has 1 heterocycles. The summed E-state index contributed by atoms with van der Waals surface area (Å²) in [4.78, 5) is 0. The van der Waals surface area contributed by atoms with E-state index in [2.05, 4.69) is 84.0 Å². The zero-order chi connectivity index (χ0) is 15.7. The second-order valence-corrected chi connectivity index (χ2v) is 13.6. The minimum Gasteiger partial charge on any atom is -0.408 e. The van der Waals surface area contributed by atoms with Gasteiger partial charge >= 0.3 is 0 Å². The molecule has 0 bridgehead atoms. The molecule has 116 valence electrons. The molecule has 1 nitrogen and oxygen atoms in total. The van der Waals surface area contributed by atoms with Gasteiger partial charge in [-0.05, 0) is 28.1 Å². The van der Waals surface area contributed by atoms with Gasteiger partial charge in [0.15, 0.2) is 0 Å². The fraction of sp³-hybridized carbons (Fsp3) is 0.579. The first kappa shape index (κ1) is 16.5. The average molecular weight is 303 g/mol. The maximum atomic E-state index is 6.99. The molecule has 1 atom stereocenters. The van der Waals surface area contributed by atoms with Crippen LogP contribution in [0.4, 0.5) is 0 Å². The monoisotopic (exact) mass is 302 g/mol. The first-order chi connectivity index (χ1) is 9.67. The second-order valence-electron chi connectivity index (χ2n) is 8.26. The van der Waals surface area contributed by atoms with Crippen LogP contribution in [0.15, 0.2) is 42.5 Å². The summed E-state index contributed by atoms with van der Waals surface area (Å²) in [6.07, 6.45) is 5.90. The fourth-order valence-electron chi connectivity index (χ4n) is 3.77. The minimum absolute atomic E-state index is 0.204. The number of benzene rings is 1. The maximum Gasteiger partial charge on any atom is 0.207 e. The molecule has 21 heavy (non-hydrogen) atoms. The molecule has 0 saturated carbocycles. The Kier molecular flexibility index (Phi) is 4.51. The normalized spacial score (nSPS) is 22.9. The van der Waals surface area contributed by atoms with E-state index in [0.717, 1.165) is 12.5 Å². The van der Waals surface area contributed by atoms with Crippen LogP contribution < -0.4 is 0 Å². The van der Waals surface area contributed by atoms with Crippen LogP contribution in [0.5, 0.6) is 0 Å². The Balaban J connectivity index is 2.45. The van der Waals surface area contributed by atoms with Gasteiger partial charge in [0.05, 0.1) is 6.10 Å². The Hall–Kier alpha value is -0.863. The van der Waals surface area contributed by atoms with E-state index in [9.17, 15) is 0 Å². The third-order valence-corrected chi connectivity index (χ3v) is 11.2. The lowest BCUT2D eigenvalue weighted by molar-refractivity contribution is 0.170. The molecule has 1 aromatic carbocycles. The van der Waals surface area contributed by atoms with E-state index in [1.165, 1.54) is 5.56 Å².